The molecule has 1 aliphatic rings. The predicted molar refractivity (Wildman–Crippen MR) is 71.3 cm³/mol. The predicted octanol–water partition coefficient (Wildman–Crippen LogP) is 1.66. The number of anilines is 1. The summed E-state index contributed by atoms with van der Waals surface area (Å²) in [5.74, 6) is -2.19. The maximum atomic E-state index is 13.7. The van der Waals surface area contributed by atoms with Crippen molar-refractivity contribution in [2.75, 3.05) is 11.3 Å². The molecule has 1 saturated heterocycles. The van der Waals surface area contributed by atoms with E-state index in [1.54, 1.807) is 6.92 Å². The van der Waals surface area contributed by atoms with Crippen molar-refractivity contribution in [3.8, 4) is 0 Å². The Hall–Kier alpha value is -1.67. The summed E-state index contributed by atoms with van der Waals surface area (Å²) in [6.45, 7) is 2.18. The number of carboxylic acids is 1. The molecule has 1 unspecified atom stereocenters. The maximum Gasteiger partial charge on any atom is 0.335 e. The van der Waals surface area contributed by atoms with Gasteiger partial charge in [-0.05, 0) is 38.0 Å². The van der Waals surface area contributed by atoms with E-state index in [-0.39, 0.29) is 17.3 Å². The highest BCUT2D eigenvalue weighted by molar-refractivity contribution is 7.90. The van der Waals surface area contributed by atoms with E-state index >= 15 is 0 Å². The van der Waals surface area contributed by atoms with Crippen LogP contribution in [0.2, 0.25) is 0 Å². The van der Waals surface area contributed by atoms with Crippen LogP contribution in [0.1, 0.15) is 30.1 Å². The molecule has 1 aliphatic heterocycles. The van der Waals surface area contributed by atoms with Gasteiger partial charge in [0.05, 0.1) is 11.3 Å². The zero-order chi connectivity index (χ0) is 14.9. The van der Waals surface area contributed by atoms with Crippen LogP contribution in [0.4, 0.5) is 10.1 Å². The number of carboxylic acid groups (broad SMARTS) is 1. The second kappa shape index (κ2) is 5.37. The average Bonchev–Trinajstić information content (AvgIpc) is 2.78. The highest BCUT2D eigenvalue weighted by Crippen LogP contribution is 2.23. The summed E-state index contributed by atoms with van der Waals surface area (Å²) in [7, 11) is -3.82. The number of halogens is 1. The number of hydrogen-bond donors (Lipinski definition) is 2. The Bertz CT molecular complexity index is 632. The lowest BCUT2D eigenvalue weighted by Gasteiger charge is -2.21. The van der Waals surface area contributed by atoms with Gasteiger partial charge in [0.15, 0.2) is 0 Å². The SMILES string of the molecule is CC1CCCN1S(=O)(=O)Nc1ccc(C(=O)O)cc1F. The molecule has 0 aliphatic carbocycles. The van der Waals surface area contributed by atoms with Crippen LogP contribution in [0.25, 0.3) is 0 Å². The van der Waals surface area contributed by atoms with E-state index in [9.17, 15) is 17.6 Å². The standard InChI is InChI=1S/C12H15FN2O4S/c1-8-3-2-6-15(8)20(18,19)14-11-5-4-9(12(16)17)7-10(11)13/h4-5,7-8,14H,2-3,6H2,1H3,(H,16,17). The van der Waals surface area contributed by atoms with Crippen LogP contribution in [-0.2, 0) is 10.2 Å². The highest BCUT2D eigenvalue weighted by atomic mass is 32.2. The monoisotopic (exact) mass is 302 g/mol. The first kappa shape index (κ1) is 14.7. The summed E-state index contributed by atoms with van der Waals surface area (Å²) in [6.07, 6.45) is 1.53. The molecule has 0 aromatic heterocycles. The molecule has 2 rings (SSSR count). The van der Waals surface area contributed by atoms with Crippen molar-refractivity contribution in [2.45, 2.75) is 25.8 Å². The number of hydrogen-bond acceptors (Lipinski definition) is 3. The molecule has 0 saturated carbocycles. The summed E-state index contributed by atoms with van der Waals surface area (Å²) < 4.78 is 41.4. The number of benzene rings is 1. The van der Waals surface area contributed by atoms with Crippen LogP contribution >= 0.6 is 0 Å². The number of nitrogens with one attached hydrogen (secondary N) is 1. The Kier molecular flexibility index (Phi) is 3.96. The first-order valence-electron chi connectivity index (χ1n) is 6.13. The van der Waals surface area contributed by atoms with Crippen LogP contribution in [0.5, 0.6) is 0 Å². The fourth-order valence-electron chi connectivity index (χ4n) is 2.19. The van der Waals surface area contributed by atoms with Crippen molar-refractivity contribution < 1.29 is 22.7 Å². The minimum atomic E-state index is -3.82. The Morgan fingerprint density at radius 2 is 2.20 bits per heavy atom. The van der Waals surface area contributed by atoms with Gasteiger partial charge >= 0.3 is 16.2 Å². The smallest absolute Gasteiger partial charge is 0.335 e. The van der Waals surface area contributed by atoms with E-state index in [2.05, 4.69) is 4.72 Å². The number of aromatic carboxylic acids is 1. The van der Waals surface area contributed by atoms with Crippen molar-refractivity contribution >= 4 is 21.9 Å². The van der Waals surface area contributed by atoms with Crippen molar-refractivity contribution in [1.82, 2.24) is 4.31 Å². The van der Waals surface area contributed by atoms with Crippen molar-refractivity contribution in [1.29, 1.82) is 0 Å². The third kappa shape index (κ3) is 2.91. The van der Waals surface area contributed by atoms with E-state index in [4.69, 9.17) is 5.11 Å². The zero-order valence-electron chi connectivity index (χ0n) is 10.8. The fraction of sp³-hybridized carbons (Fsp3) is 0.417. The maximum absolute atomic E-state index is 13.7. The summed E-state index contributed by atoms with van der Waals surface area (Å²) in [5, 5.41) is 8.73. The summed E-state index contributed by atoms with van der Waals surface area (Å²) in [5.41, 5.74) is -0.492. The third-order valence-corrected chi connectivity index (χ3v) is 4.89. The van der Waals surface area contributed by atoms with Gasteiger partial charge in [-0.1, -0.05) is 0 Å². The molecule has 1 aromatic carbocycles. The second-order valence-electron chi connectivity index (χ2n) is 4.71. The molecule has 0 amide bonds. The van der Waals surface area contributed by atoms with Gasteiger partial charge in [0.1, 0.15) is 5.82 Å². The van der Waals surface area contributed by atoms with Gasteiger partial charge in [-0.3, -0.25) is 4.72 Å². The molecule has 0 spiro atoms. The summed E-state index contributed by atoms with van der Waals surface area (Å²) in [6, 6.07) is 2.91. The van der Waals surface area contributed by atoms with Gasteiger partial charge in [-0.25, -0.2) is 9.18 Å². The van der Waals surface area contributed by atoms with E-state index in [0.717, 1.165) is 31.0 Å². The molecule has 1 atom stereocenters. The molecule has 8 heteroatoms. The topological polar surface area (TPSA) is 86.7 Å². The third-order valence-electron chi connectivity index (χ3n) is 3.26. The quantitative estimate of drug-likeness (QED) is 0.885. The summed E-state index contributed by atoms with van der Waals surface area (Å²) >= 11 is 0. The molecule has 0 radical (unpaired) electrons. The van der Waals surface area contributed by atoms with Crippen molar-refractivity contribution in [2.24, 2.45) is 0 Å². The molecule has 20 heavy (non-hydrogen) atoms. The minimum Gasteiger partial charge on any atom is -0.478 e. The lowest BCUT2D eigenvalue weighted by molar-refractivity contribution is 0.0696. The Labute approximate surface area is 116 Å². The molecule has 1 fully saturated rings. The van der Waals surface area contributed by atoms with Gasteiger partial charge in [-0.15, -0.1) is 0 Å². The summed E-state index contributed by atoms with van der Waals surface area (Å²) in [4.78, 5) is 10.7. The van der Waals surface area contributed by atoms with Crippen LogP contribution in [0.15, 0.2) is 18.2 Å². The highest BCUT2D eigenvalue weighted by Gasteiger charge is 2.31. The van der Waals surface area contributed by atoms with Crippen LogP contribution in [-0.4, -0.2) is 36.4 Å². The van der Waals surface area contributed by atoms with Gasteiger partial charge < -0.3 is 5.11 Å². The van der Waals surface area contributed by atoms with E-state index < -0.39 is 22.0 Å². The molecule has 1 aromatic rings. The van der Waals surface area contributed by atoms with E-state index in [0.29, 0.717) is 6.54 Å². The largest absolute Gasteiger partial charge is 0.478 e. The molecular formula is C12H15FN2O4S. The van der Waals surface area contributed by atoms with Gasteiger partial charge in [0.2, 0.25) is 0 Å². The van der Waals surface area contributed by atoms with Gasteiger partial charge in [0.25, 0.3) is 0 Å². The molecule has 0 bridgehead atoms. The number of nitrogens with zero attached hydrogens (tertiary/aromatic N) is 1. The lowest BCUT2D eigenvalue weighted by atomic mass is 10.2. The number of carbonyl (C=O) groups is 1. The van der Waals surface area contributed by atoms with E-state index in [1.807, 2.05) is 0 Å². The molecule has 6 nitrogen and oxygen atoms in total. The van der Waals surface area contributed by atoms with Gasteiger partial charge in [-0.2, -0.15) is 12.7 Å². The zero-order valence-corrected chi connectivity index (χ0v) is 11.7. The Morgan fingerprint density at radius 1 is 1.50 bits per heavy atom. The normalized spacial score (nSPS) is 20.0. The lowest BCUT2D eigenvalue weighted by Crippen LogP contribution is -2.38. The van der Waals surface area contributed by atoms with Crippen molar-refractivity contribution in [3.05, 3.63) is 29.6 Å². The van der Waals surface area contributed by atoms with Gasteiger partial charge in [0, 0.05) is 12.6 Å². The van der Waals surface area contributed by atoms with Crippen LogP contribution < -0.4 is 4.72 Å². The average molecular weight is 302 g/mol. The first-order valence-corrected chi connectivity index (χ1v) is 7.57. The number of rotatable bonds is 4. The molecule has 110 valence electrons. The fourth-order valence-corrected chi connectivity index (χ4v) is 3.70. The van der Waals surface area contributed by atoms with Crippen molar-refractivity contribution in [3.63, 3.8) is 0 Å². The van der Waals surface area contributed by atoms with E-state index in [1.165, 1.54) is 4.31 Å². The first-order chi connectivity index (χ1) is 9.31. The minimum absolute atomic E-state index is 0.131. The molecule has 2 N–H and O–H groups in total. The Morgan fingerprint density at radius 3 is 2.70 bits per heavy atom. The second-order valence-corrected chi connectivity index (χ2v) is 6.33. The molecular weight excluding hydrogens is 287 g/mol. The van der Waals surface area contributed by atoms with Crippen LogP contribution in [0, 0.1) is 5.82 Å². The molecule has 1 heterocycles. The Balaban J connectivity index is 2.23. The van der Waals surface area contributed by atoms with Crippen LogP contribution in [0.3, 0.4) is 0 Å².